The molecule has 0 N–H and O–H groups in total. The van der Waals surface area contributed by atoms with Gasteiger partial charge in [-0.05, 0) is 24.8 Å². The van der Waals surface area contributed by atoms with Crippen molar-refractivity contribution in [3.63, 3.8) is 0 Å². The Kier molecular flexibility index (Phi) is 5.74. The van der Waals surface area contributed by atoms with Gasteiger partial charge in [0.05, 0.1) is 6.10 Å². The van der Waals surface area contributed by atoms with E-state index in [1.165, 1.54) is 6.42 Å². The van der Waals surface area contributed by atoms with Crippen LogP contribution in [-0.4, -0.2) is 36.5 Å². The van der Waals surface area contributed by atoms with Gasteiger partial charge in [-0.1, -0.05) is 73.9 Å². The van der Waals surface area contributed by atoms with Crippen molar-refractivity contribution in [3.8, 4) is 0 Å². The molecule has 3 atom stereocenters. The molecule has 2 aliphatic heterocycles. The minimum atomic E-state index is -1.66. The van der Waals surface area contributed by atoms with E-state index < -0.39 is 17.5 Å². The molecule has 5 heteroatoms. The highest BCUT2D eigenvalue weighted by Gasteiger charge is 2.69. The van der Waals surface area contributed by atoms with E-state index in [9.17, 15) is 9.59 Å². The second-order valence-electron chi connectivity index (χ2n) is 9.17. The van der Waals surface area contributed by atoms with Crippen LogP contribution in [0.4, 0.5) is 0 Å². The lowest BCUT2D eigenvalue weighted by Crippen LogP contribution is -2.58. The first-order chi connectivity index (χ1) is 15.6. The third kappa shape index (κ3) is 3.43. The van der Waals surface area contributed by atoms with Gasteiger partial charge in [0, 0.05) is 31.1 Å². The molecular weight excluding hydrogens is 404 g/mol. The van der Waals surface area contributed by atoms with Crippen molar-refractivity contribution in [3.05, 3.63) is 71.3 Å². The van der Waals surface area contributed by atoms with Crippen LogP contribution in [-0.2, 0) is 31.2 Å². The summed E-state index contributed by atoms with van der Waals surface area (Å²) in [6.07, 6.45) is 5.80. The molecule has 168 valence electrons. The fraction of sp³-hybridized carbons (Fsp3) is 0.481. The van der Waals surface area contributed by atoms with E-state index in [0.29, 0.717) is 24.0 Å². The van der Waals surface area contributed by atoms with Crippen LogP contribution < -0.4 is 0 Å². The maximum Gasteiger partial charge on any atom is 0.218 e. The topological polar surface area (TPSA) is 61.8 Å². The van der Waals surface area contributed by atoms with Gasteiger partial charge in [-0.2, -0.15) is 0 Å². The van der Waals surface area contributed by atoms with E-state index in [1.807, 2.05) is 48.5 Å². The van der Waals surface area contributed by atoms with Crippen molar-refractivity contribution >= 4 is 11.6 Å². The summed E-state index contributed by atoms with van der Waals surface area (Å²) in [6, 6.07) is 17.2. The lowest BCUT2D eigenvalue weighted by molar-refractivity contribution is -0.240. The van der Waals surface area contributed by atoms with E-state index >= 15 is 0 Å². The Labute approximate surface area is 189 Å². The van der Waals surface area contributed by atoms with E-state index in [1.54, 1.807) is 13.2 Å². The third-order valence-electron chi connectivity index (χ3n) is 7.29. The quantitative estimate of drug-likeness (QED) is 0.588. The zero-order chi connectivity index (χ0) is 22.2. The predicted octanol–water partition coefficient (Wildman–Crippen LogP) is 4.76. The molecule has 2 aromatic carbocycles. The minimum Gasteiger partial charge on any atom is -0.371 e. The summed E-state index contributed by atoms with van der Waals surface area (Å²) in [5, 5.41) is 0. The molecule has 5 rings (SSSR count). The molecule has 1 aliphatic carbocycles. The number of rotatable bonds is 7. The van der Waals surface area contributed by atoms with Crippen molar-refractivity contribution < 1.29 is 23.8 Å². The summed E-state index contributed by atoms with van der Waals surface area (Å²) in [5.74, 6) is -1.66. The van der Waals surface area contributed by atoms with Crippen LogP contribution in [0.1, 0.15) is 66.4 Å². The van der Waals surface area contributed by atoms with Crippen molar-refractivity contribution in [2.75, 3.05) is 7.11 Å². The SMILES string of the molecule is CO[C@@]12C[C@H](OC3CCCCC3)[C@@](C(=O)CCc3ccccc3)(O1)C(=O)c1ccccc12. The van der Waals surface area contributed by atoms with Gasteiger partial charge < -0.3 is 14.2 Å². The molecule has 0 radical (unpaired) electrons. The molecule has 2 heterocycles. The predicted molar refractivity (Wildman–Crippen MR) is 119 cm³/mol. The average molecular weight is 435 g/mol. The molecular formula is C27H30O5. The van der Waals surface area contributed by atoms with Gasteiger partial charge in [0.25, 0.3) is 0 Å². The Hall–Kier alpha value is -2.34. The average Bonchev–Trinajstić information content (AvgIpc) is 3.16. The van der Waals surface area contributed by atoms with Crippen molar-refractivity contribution in [1.29, 1.82) is 0 Å². The van der Waals surface area contributed by atoms with Crippen LogP contribution in [0.15, 0.2) is 54.6 Å². The van der Waals surface area contributed by atoms with E-state index in [4.69, 9.17) is 14.2 Å². The molecule has 0 unspecified atom stereocenters. The van der Waals surface area contributed by atoms with Gasteiger partial charge in [-0.15, -0.1) is 0 Å². The van der Waals surface area contributed by atoms with E-state index in [0.717, 1.165) is 31.2 Å². The number of fused-ring (bicyclic) bond motifs is 4. The smallest absolute Gasteiger partial charge is 0.218 e. The number of carbonyl (C=O) groups is 2. The maximum atomic E-state index is 13.9. The van der Waals surface area contributed by atoms with E-state index in [2.05, 4.69) is 0 Å². The first kappa shape index (κ1) is 21.5. The highest BCUT2D eigenvalue weighted by molar-refractivity contribution is 6.20. The maximum absolute atomic E-state index is 13.9. The second-order valence-corrected chi connectivity index (χ2v) is 9.17. The molecule has 32 heavy (non-hydrogen) atoms. The molecule has 2 fully saturated rings. The molecule has 1 saturated carbocycles. The van der Waals surface area contributed by atoms with Crippen LogP contribution in [0.25, 0.3) is 0 Å². The van der Waals surface area contributed by atoms with Gasteiger partial charge in [-0.25, -0.2) is 0 Å². The van der Waals surface area contributed by atoms with Crippen LogP contribution >= 0.6 is 0 Å². The Bertz CT molecular complexity index is 996. The van der Waals surface area contributed by atoms with Gasteiger partial charge in [0.1, 0.15) is 6.10 Å². The number of carbonyl (C=O) groups excluding carboxylic acids is 2. The van der Waals surface area contributed by atoms with Crippen molar-refractivity contribution in [2.45, 2.75) is 75.0 Å². The van der Waals surface area contributed by atoms with Crippen LogP contribution in [0.3, 0.4) is 0 Å². The number of ether oxygens (including phenoxy) is 3. The largest absolute Gasteiger partial charge is 0.371 e. The highest BCUT2D eigenvalue weighted by Crippen LogP contribution is 2.54. The number of hydrogen-bond donors (Lipinski definition) is 0. The first-order valence-corrected chi connectivity index (χ1v) is 11.7. The lowest BCUT2D eigenvalue weighted by atomic mass is 9.81. The monoisotopic (exact) mass is 434 g/mol. The standard InChI is InChI=1S/C27H30O5/c1-30-26-18-24(31-20-12-6-3-7-13-20)27(32-26,25(29)21-14-8-9-15-22(21)26)23(28)17-16-19-10-4-2-5-11-19/h2,4-5,8-11,14-15,20,24H,3,6-7,12-13,16-18H2,1H3/t24-,26-,27+/m0/s1. The zero-order valence-corrected chi connectivity index (χ0v) is 18.5. The number of hydrogen-bond acceptors (Lipinski definition) is 5. The molecule has 0 spiro atoms. The van der Waals surface area contributed by atoms with Crippen LogP contribution in [0, 0.1) is 0 Å². The normalized spacial score (nSPS) is 29.7. The van der Waals surface area contributed by atoms with Gasteiger partial charge in [0.2, 0.25) is 11.4 Å². The summed E-state index contributed by atoms with van der Waals surface area (Å²) < 4.78 is 18.8. The van der Waals surface area contributed by atoms with E-state index in [-0.39, 0.29) is 24.1 Å². The molecule has 2 bridgehead atoms. The Morgan fingerprint density at radius 3 is 2.50 bits per heavy atom. The number of aryl methyl sites for hydroxylation is 1. The number of Topliss-reactive ketones (excluding diaryl/α,β-unsaturated/α-hetero) is 2. The summed E-state index contributed by atoms with van der Waals surface area (Å²) in [7, 11) is 1.58. The first-order valence-electron chi connectivity index (χ1n) is 11.7. The third-order valence-corrected chi connectivity index (χ3v) is 7.29. The molecule has 0 aromatic heterocycles. The van der Waals surface area contributed by atoms with Crippen molar-refractivity contribution in [2.24, 2.45) is 0 Å². The lowest BCUT2D eigenvalue weighted by Gasteiger charge is -2.39. The Morgan fingerprint density at radius 1 is 1.03 bits per heavy atom. The van der Waals surface area contributed by atoms with Crippen LogP contribution in [0.5, 0.6) is 0 Å². The van der Waals surface area contributed by atoms with Crippen LogP contribution in [0.2, 0.25) is 0 Å². The molecule has 5 nitrogen and oxygen atoms in total. The highest BCUT2D eigenvalue weighted by atomic mass is 16.7. The minimum absolute atomic E-state index is 0.0420. The molecule has 0 amide bonds. The fourth-order valence-corrected chi connectivity index (χ4v) is 5.59. The van der Waals surface area contributed by atoms with Gasteiger partial charge >= 0.3 is 0 Å². The molecule has 2 aromatic rings. The molecule has 3 aliphatic rings. The van der Waals surface area contributed by atoms with Crippen molar-refractivity contribution in [1.82, 2.24) is 0 Å². The number of ketones is 2. The van der Waals surface area contributed by atoms with Gasteiger partial charge in [0.15, 0.2) is 11.6 Å². The fourth-order valence-electron chi connectivity index (χ4n) is 5.59. The summed E-state index contributed by atoms with van der Waals surface area (Å²) >= 11 is 0. The Morgan fingerprint density at radius 2 is 1.75 bits per heavy atom. The summed E-state index contributed by atoms with van der Waals surface area (Å²) in [5.41, 5.74) is 0.593. The summed E-state index contributed by atoms with van der Waals surface area (Å²) in [4.78, 5) is 27.7. The Balaban J connectivity index is 1.52. The molecule has 1 saturated heterocycles. The number of methoxy groups -OCH3 is 1. The zero-order valence-electron chi connectivity index (χ0n) is 18.5. The second kappa shape index (κ2) is 8.54. The van der Waals surface area contributed by atoms with Gasteiger partial charge in [-0.3, -0.25) is 9.59 Å². The number of benzene rings is 2. The summed E-state index contributed by atoms with van der Waals surface area (Å²) in [6.45, 7) is 0.